The van der Waals surface area contributed by atoms with Crippen molar-refractivity contribution < 1.29 is 9.59 Å². The number of anilines is 1. The largest absolute Gasteiger partial charge is 0.383 e. The van der Waals surface area contributed by atoms with E-state index in [0.717, 1.165) is 0 Å². The third-order valence-electron chi connectivity index (χ3n) is 3.00. The number of Topliss-reactive ketones (excluding diaryl/α,β-unsaturated/α-hetero) is 1. The van der Waals surface area contributed by atoms with E-state index in [1.165, 1.54) is 0 Å². The van der Waals surface area contributed by atoms with Gasteiger partial charge < -0.3 is 10.2 Å². The summed E-state index contributed by atoms with van der Waals surface area (Å²) in [6, 6.07) is 4.88. The Morgan fingerprint density at radius 1 is 1.32 bits per heavy atom. The molecule has 2 rings (SSSR count). The normalized spacial score (nSPS) is 20.8. The minimum Gasteiger partial charge on any atom is -0.383 e. The van der Waals surface area contributed by atoms with Gasteiger partial charge in [-0.15, -0.1) is 0 Å². The lowest BCUT2D eigenvalue weighted by Crippen LogP contribution is -2.22. The minimum absolute atomic E-state index is 0.147. The first-order valence-corrected chi connectivity index (χ1v) is 6.31. The molecule has 1 atom stereocenters. The molecule has 100 valence electrons. The van der Waals surface area contributed by atoms with Gasteiger partial charge in [0.2, 0.25) is 5.91 Å². The molecule has 0 radical (unpaired) electrons. The van der Waals surface area contributed by atoms with Crippen LogP contribution in [0.4, 0.5) is 5.69 Å². The van der Waals surface area contributed by atoms with Crippen molar-refractivity contribution >= 4 is 29.0 Å². The molecular formula is C14H15ClN2O2. The predicted octanol–water partition coefficient (Wildman–Crippen LogP) is 2.56. The van der Waals surface area contributed by atoms with Crippen LogP contribution in [-0.2, 0) is 4.79 Å². The molecule has 19 heavy (non-hydrogen) atoms. The fourth-order valence-corrected chi connectivity index (χ4v) is 2.17. The first kappa shape index (κ1) is 13.6. The molecule has 5 heteroatoms. The Morgan fingerprint density at radius 2 is 2.00 bits per heavy atom. The fourth-order valence-electron chi connectivity index (χ4n) is 2.00. The second-order valence-electron chi connectivity index (χ2n) is 4.78. The lowest BCUT2D eigenvalue weighted by Gasteiger charge is -2.13. The standard InChI is InChI=1S/C14H15ClN2O2/c1-8-11(7-17(2)3)13(18)10-5-4-9(15)6-12(10)16-14(8)19/h4-8H,1-3H3,(H,16,19)/b11-7+. The Balaban J connectivity index is 2.59. The van der Waals surface area contributed by atoms with Gasteiger partial charge in [-0.25, -0.2) is 0 Å². The summed E-state index contributed by atoms with van der Waals surface area (Å²) < 4.78 is 0. The van der Waals surface area contributed by atoms with Gasteiger partial charge in [0.05, 0.1) is 11.6 Å². The zero-order valence-corrected chi connectivity index (χ0v) is 11.8. The first-order valence-electron chi connectivity index (χ1n) is 5.93. The third-order valence-corrected chi connectivity index (χ3v) is 3.24. The van der Waals surface area contributed by atoms with Gasteiger partial charge in [-0.3, -0.25) is 9.59 Å². The second-order valence-corrected chi connectivity index (χ2v) is 5.21. The summed E-state index contributed by atoms with van der Waals surface area (Å²) in [5.41, 5.74) is 1.41. The van der Waals surface area contributed by atoms with Gasteiger partial charge in [0.1, 0.15) is 0 Å². The van der Waals surface area contributed by atoms with E-state index in [1.807, 2.05) is 14.1 Å². The summed E-state index contributed by atoms with van der Waals surface area (Å²) in [5.74, 6) is -0.852. The van der Waals surface area contributed by atoms with Crippen molar-refractivity contribution in [2.45, 2.75) is 6.92 Å². The quantitative estimate of drug-likeness (QED) is 0.803. The maximum absolute atomic E-state index is 12.5. The molecule has 0 spiro atoms. The summed E-state index contributed by atoms with van der Waals surface area (Å²) in [7, 11) is 3.64. The highest BCUT2D eigenvalue weighted by Crippen LogP contribution is 2.30. The van der Waals surface area contributed by atoms with Crippen LogP contribution in [0, 0.1) is 5.92 Å². The van der Waals surface area contributed by atoms with Crippen molar-refractivity contribution in [1.29, 1.82) is 0 Å². The number of benzene rings is 1. The molecule has 0 saturated heterocycles. The van der Waals surface area contributed by atoms with Gasteiger partial charge in [0, 0.05) is 36.5 Å². The van der Waals surface area contributed by atoms with Gasteiger partial charge in [-0.1, -0.05) is 11.6 Å². The van der Waals surface area contributed by atoms with Gasteiger partial charge in [0.15, 0.2) is 5.78 Å². The van der Waals surface area contributed by atoms with Gasteiger partial charge in [-0.2, -0.15) is 0 Å². The SMILES string of the molecule is CC1C(=O)Nc2cc(Cl)ccc2C(=O)/C1=C/N(C)C. The molecule has 1 heterocycles. The van der Waals surface area contributed by atoms with Crippen LogP contribution in [0.15, 0.2) is 30.0 Å². The average Bonchev–Trinajstić information content (AvgIpc) is 2.40. The number of fused-ring (bicyclic) bond motifs is 1. The number of hydrogen-bond acceptors (Lipinski definition) is 3. The van der Waals surface area contributed by atoms with Crippen LogP contribution in [0.2, 0.25) is 5.02 Å². The van der Waals surface area contributed by atoms with Crippen molar-refractivity contribution in [3.05, 3.63) is 40.6 Å². The maximum Gasteiger partial charge on any atom is 0.231 e. The topological polar surface area (TPSA) is 49.4 Å². The van der Waals surface area contributed by atoms with E-state index in [9.17, 15) is 9.59 Å². The molecular weight excluding hydrogens is 264 g/mol. The first-order chi connectivity index (χ1) is 8.90. The minimum atomic E-state index is -0.499. The van der Waals surface area contributed by atoms with E-state index in [0.29, 0.717) is 21.8 Å². The summed E-state index contributed by atoms with van der Waals surface area (Å²) in [4.78, 5) is 26.3. The molecule has 0 saturated carbocycles. The number of ketones is 1. The van der Waals surface area contributed by atoms with Crippen molar-refractivity contribution in [1.82, 2.24) is 4.90 Å². The van der Waals surface area contributed by atoms with Crippen molar-refractivity contribution in [2.75, 3.05) is 19.4 Å². The van der Waals surface area contributed by atoms with Crippen LogP contribution in [0.3, 0.4) is 0 Å². The molecule has 0 fully saturated rings. The highest BCUT2D eigenvalue weighted by Gasteiger charge is 2.30. The highest BCUT2D eigenvalue weighted by atomic mass is 35.5. The predicted molar refractivity (Wildman–Crippen MR) is 75.3 cm³/mol. The lowest BCUT2D eigenvalue weighted by atomic mass is 9.94. The van der Waals surface area contributed by atoms with Crippen LogP contribution in [0.25, 0.3) is 0 Å². The van der Waals surface area contributed by atoms with Crippen molar-refractivity contribution in [3.63, 3.8) is 0 Å². The molecule has 1 aromatic carbocycles. The third kappa shape index (κ3) is 2.63. The molecule has 1 aliphatic heterocycles. The highest BCUT2D eigenvalue weighted by molar-refractivity contribution is 6.31. The van der Waals surface area contributed by atoms with Crippen molar-refractivity contribution in [2.24, 2.45) is 5.92 Å². The number of carbonyl (C=O) groups excluding carboxylic acids is 2. The molecule has 1 aromatic rings. The average molecular weight is 279 g/mol. The van der Waals surface area contributed by atoms with E-state index < -0.39 is 5.92 Å². The zero-order chi connectivity index (χ0) is 14.2. The lowest BCUT2D eigenvalue weighted by molar-refractivity contribution is -0.118. The Morgan fingerprint density at radius 3 is 2.63 bits per heavy atom. The second kappa shape index (κ2) is 5.05. The summed E-state index contributed by atoms with van der Waals surface area (Å²) in [5, 5.41) is 3.23. The number of rotatable bonds is 1. The van der Waals surface area contributed by atoms with Crippen molar-refractivity contribution in [3.8, 4) is 0 Å². The van der Waals surface area contributed by atoms with Gasteiger partial charge in [0.25, 0.3) is 0 Å². The van der Waals surface area contributed by atoms with Crippen LogP contribution >= 0.6 is 11.6 Å². The molecule has 1 aliphatic rings. The van der Waals surface area contributed by atoms with E-state index in [1.54, 1.807) is 36.2 Å². The number of nitrogens with zero attached hydrogens (tertiary/aromatic N) is 1. The Bertz CT molecular complexity index is 579. The number of halogens is 1. The van der Waals surface area contributed by atoms with Crippen LogP contribution < -0.4 is 5.32 Å². The maximum atomic E-state index is 12.5. The van der Waals surface area contributed by atoms with E-state index >= 15 is 0 Å². The molecule has 0 aromatic heterocycles. The van der Waals surface area contributed by atoms with Crippen LogP contribution in [0.5, 0.6) is 0 Å². The fraction of sp³-hybridized carbons (Fsp3) is 0.286. The monoisotopic (exact) mass is 278 g/mol. The Hall–Kier alpha value is -1.81. The molecule has 1 N–H and O–H groups in total. The number of hydrogen-bond donors (Lipinski definition) is 1. The molecule has 1 unspecified atom stereocenters. The zero-order valence-electron chi connectivity index (χ0n) is 11.0. The van der Waals surface area contributed by atoms with Crippen LogP contribution in [-0.4, -0.2) is 30.7 Å². The van der Waals surface area contributed by atoms with E-state index in [2.05, 4.69) is 5.32 Å². The molecule has 1 amide bonds. The van der Waals surface area contributed by atoms with E-state index in [4.69, 9.17) is 11.6 Å². The summed E-state index contributed by atoms with van der Waals surface area (Å²) in [6.07, 6.45) is 1.69. The summed E-state index contributed by atoms with van der Waals surface area (Å²) >= 11 is 5.90. The van der Waals surface area contributed by atoms with Crippen LogP contribution in [0.1, 0.15) is 17.3 Å². The van der Waals surface area contributed by atoms with Gasteiger partial charge >= 0.3 is 0 Å². The Kier molecular flexibility index (Phi) is 3.62. The molecule has 4 nitrogen and oxygen atoms in total. The number of amides is 1. The summed E-state index contributed by atoms with van der Waals surface area (Å²) in [6.45, 7) is 1.72. The number of nitrogens with one attached hydrogen (secondary N) is 1. The Labute approximate surface area is 117 Å². The van der Waals surface area contributed by atoms with E-state index in [-0.39, 0.29) is 11.7 Å². The molecule has 0 bridgehead atoms. The van der Waals surface area contributed by atoms with Gasteiger partial charge in [-0.05, 0) is 25.1 Å². The smallest absolute Gasteiger partial charge is 0.231 e. The number of carbonyl (C=O) groups is 2. The molecule has 0 aliphatic carbocycles.